The largest absolute Gasteiger partial charge is 0.368 e. The zero-order chi connectivity index (χ0) is 22.5. The van der Waals surface area contributed by atoms with Crippen LogP contribution in [-0.4, -0.2) is 62.5 Å². The van der Waals surface area contributed by atoms with Gasteiger partial charge >= 0.3 is 0 Å². The van der Waals surface area contributed by atoms with Crippen LogP contribution < -0.4 is 4.90 Å². The lowest BCUT2D eigenvalue weighted by molar-refractivity contribution is -0.128. The number of amides is 1. The number of carbonyl (C=O) groups excluding carboxylic acids is 1. The third kappa shape index (κ3) is 5.06. The molecule has 0 radical (unpaired) electrons. The van der Waals surface area contributed by atoms with Crippen molar-refractivity contribution in [1.29, 1.82) is 0 Å². The lowest BCUT2D eigenvalue weighted by atomic mass is 10.1. The van der Waals surface area contributed by atoms with Crippen molar-refractivity contribution in [2.75, 3.05) is 36.8 Å². The number of benzene rings is 2. The minimum Gasteiger partial charge on any atom is -0.368 e. The Kier molecular flexibility index (Phi) is 6.34. The molecule has 2 aromatic carbocycles. The van der Waals surface area contributed by atoms with Crippen molar-refractivity contribution < 1.29 is 4.79 Å². The van der Waals surface area contributed by atoms with Crippen LogP contribution in [0.2, 0.25) is 0 Å². The summed E-state index contributed by atoms with van der Waals surface area (Å²) in [4.78, 5) is 21.0. The Labute approximate surface area is 197 Å². The minimum absolute atomic E-state index is 0.147. The molecule has 7 nitrogen and oxygen atoms in total. The molecule has 0 aliphatic carbocycles. The molecule has 0 N–H and O–H groups in total. The standard InChI is InChI=1S/C25H24N6OS/c32-25(30-16-14-29(15-17-30)21-4-2-1-3-5-21)18-33-24-11-10-23(27-28-24)20-6-8-22(9-7-20)31-13-12-26-19-31/h1-13,19H,14-18H2. The highest BCUT2D eigenvalue weighted by Gasteiger charge is 2.21. The Morgan fingerprint density at radius 1 is 0.848 bits per heavy atom. The summed E-state index contributed by atoms with van der Waals surface area (Å²) in [7, 11) is 0. The Hall–Kier alpha value is -3.65. The van der Waals surface area contributed by atoms with E-state index in [-0.39, 0.29) is 5.91 Å². The zero-order valence-corrected chi connectivity index (χ0v) is 18.9. The molecule has 33 heavy (non-hydrogen) atoms. The first kappa shape index (κ1) is 21.2. The summed E-state index contributed by atoms with van der Waals surface area (Å²) in [6.45, 7) is 3.20. The van der Waals surface area contributed by atoms with Gasteiger partial charge in [0, 0.05) is 55.5 Å². The average Bonchev–Trinajstić information content (AvgIpc) is 3.44. The maximum atomic E-state index is 12.7. The number of nitrogens with zero attached hydrogens (tertiary/aromatic N) is 6. The van der Waals surface area contributed by atoms with Crippen molar-refractivity contribution in [3.05, 3.63) is 85.5 Å². The number of imidazole rings is 1. The van der Waals surface area contributed by atoms with Crippen molar-refractivity contribution in [1.82, 2.24) is 24.6 Å². The van der Waals surface area contributed by atoms with E-state index in [1.807, 2.05) is 70.3 Å². The number of piperazine rings is 1. The Bertz CT molecular complexity index is 1170. The van der Waals surface area contributed by atoms with Gasteiger partial charge in [-0.2, -0.15) is 0 Å². The van der Waals surface area contributed by atoms with Crippen molar-refractivity contribution in [3.63, 3.8) is 0 Å². The predicted molar refractivity (Wildman–Crippen MR) is 131 cm³/mol. The molecular formula is C25H24N6OS. The molecule has 4 aromatic rings. The van der Waals surface area contributed by atoms with Gasteiger partial charge < -0.3 is 14.4 Å². The fraction of sp³-hybridized carbons (Fsp3) is 0.200. The molecule has 1 amide bonds. The first-order chi connectivity index (χ1) is 16.3. The summed E-state index contributed by atoms with van der Waals surface area (Å²) in [5, 5.41) is 9.42. The SMILES string of the molecule is O=C(CSc1ccc(-c2ccc(-n3ccnc3)cc2)nn1)N1CCN(c2ccccc2)CC1. The summed E-state index contributed by atoms with van der Waals surface area (Å²) in [5.41, 5.74) is 4.06. The van der Waals surface area contributed by atoms with Crippen molar-refractivity contribution in [2.24, 2.45) is 0 Å². The molecule has 1 fully saturated rings. The molecule has 1 saturated heterocycles. The number of thioether (sulfide) groups is 1. The van der Waals surface area contributed by atoms with Gasteiger partial charge in [0.05, 0.1) is 17.8 Å². The maximum absolute atomic E-state index is 12.7. The van der Waals surface area contributed by atoms with Gasteiger partial charge in [0.25, 0.3) is 0 Å². The number of hydrogen-bond acceptors (Lipinski definition) is 6. The number of carbonyl (C=O) groups is 1. The van der Waals surface area contributed by atoms with Crippen LogP contribution in [0.1, 0.15) is 0 Å². The number of rotatable bonds is 6. The van der Waals surface area contributed by atoms with E-state index in [2.05, 4.69) is 32.2 Å². The van der Waals surface area contributed by atoms with Gasteiger partial charge in [0.1, 0.15) is 5.03 Å². The molecule has 0 atom stereocenters. The average molecular weight is 457 g/mol. The lowest BCUT2D eigenvalue weighted by Crippen LogP contribution is -2.49. The van der Waals surface area contributed by atoms with E-state index in [9.17, 15) is 4.79 Å². The molecule has 0 spiro atoms. The molecule has 0 unspecified atom stereocenters. The quantitative estimate of drug-likeness (QED) is 0.412. The van der Waals surface area contributed by atoms with Crippen molar-refractivity contribution in [2.45, 2.75) is 5.03 Å². The van der Waals surface area contributed by atoms with Gasteiger partial charge in [-0.25, -0.2) is 4.98 Å². The second kappa shape index (κ2) is 9.87. The normalized spacial score (nSPS) is 13.8. The molecule has 3 heterocycles. The summed E-state index contributed by atoms with van der Waals surface area (Å²) < 4.78 is 1.95. The van der Waals surface area contributed by atoms with Gasteiger partial charge in [-0.3, -0.25) is 4.79 Å². The van der Waals surface area contributed by atoms with E-state index >= 15 is 0 Å². The molecule has 2 aromatic heterocycles. The molecule has 1 aliphatic heterocycles. The second-order valence-electron chi connectivity index (χ2n) is 7.77. The predicted octanol–water partition coefficient (Wildman–Crippen LogP) is 3.77. The van der Waals surface area contributed by atoms with E-state index in [0.29, 0.717) is 5.75 Å². The summed E-state index contributed by atoms with van der Waals surface area (Å²) >= 11 is 1.44. The zero-order valence-electron chi connectivity index (χ0n) is 18.1. The van der Waals surface area contributed by atoms with Gasteiger partial charge in [-0.1, -0.05) is 42.1 Å². The van der Waals surface area contributed by atoms with Crippen LogP contribution in [0.15, 0.2) is 90.5 Å². The lowest BCUT2D eigenvalue weighted by Gasteiger charge is -2.36. The first-order valence-electron chi connectivity index (χ1n) is 10.9. The Morgan fingerprint density at radius 2 is 1.64 bits per heavy atom. The molecule has 0 bridgehead atoms. The molecule has 1 aliphatic rings. The Morgan fingerprint density at radius 3 is 2.30 bits per heavy atom. The van der Waals surface area contributed by atoms with Crippen molar-refractivity contribution >= 4 is 23.4 Å². The van der Waals surface area contributed by atoms with Gasteiger partial charge in [0.15, 0.2) is 0 Å². The number of anilines is 1. The molecule has 5 rings (SSSR count). The highest BCUT2D eigenvalue weighted by atomic mass is 32.2. The second-order valence-corrected chi connectivity index (χ2v) is 8.76. The van der Waals surface area contributed by atoms with Crippen molar-refractivity contribution in [3.8, 4) is 16.9 Å². The summed E-state index contributed by atoms with van der Waals surface area (Å²) in [5.74, 6) is 0.521. The summed E-state index contributed by atoms with van der Waals surface area (Å²) in [6.07, 6.45) is 5.43. The maximum Gasteiger partial charge on any atom is 0.233 e. The van der Waals surface area contributed by atoms with E-state index in [4.69, 9.17) is 0 Å². The van der Waals surface area contributed by atoms with Gasteiger partial charge in [-0.05, 0) is 36.4 Å². The minimum atomic E-state index is 0.147. The molecular weight excluding hydrogens is 432 g/mol. The van der Waals surface area contributed by atoms with Crippen LogP contribution >= 0.6 is 11.8 Å². The third-order valence-corrected chi connectivity index (χ3v) is 6.61. The molecule has 0 saturated carbocycles. The van der Waals surface area contributed by atoms with Crippen LogP contribution in [0, 0.1) is 0 Å². The van der Waals surface area contributed by atoms with E-state index in [1.54, 1.807) is 12.5 Å². The van der Waals surface area contributed by atoms with E-state index < -0.39 is 0 Å². The number of para-hydroxylation sites is 1. The van der Waals surface area contributed by atoms with Crippen LogP contribution in [-0.2, 0) is 4.79 Å². The molecule has 166 valence electrons. The van der Waals surface area contributed by atoms with Gasteiger partial charge in [0.2, 0.25) is 5.91 Å². The molecule has 8 heteroatoms. The van der Waals surface area contributed by atoms with Crippen LogP contribution in [0.25, 0.3) is 16.9 Å². The summed E-state index contributed by atoms with van der Waals surface area (Å²) in [6, 6.07) is 22.3. The van der Waals surface area contributed by atoms with Crippen LogP contribution in [0.3, 0.4) is 0 Å². The smallest absolute Gasteiger partial charge is 0.233 e. The third-order valence-electron chi connectivity index (χ3n) is 5.70. The van der Waals surface area contributed by atoms with Crippen LogP contribution in [0.5, 0.6) is 0 Å². The van der Waals surface area contributed by atoms with Crippen LogP contribution in [0.4, 0.5) is 5.69 Å². The fourth-order valence-electron chi connectivity index (χ4n) is 3.85. The highest BCUT2D eigenvalue weighted by Crippen LogP contribution is 2.22. The van der Waals surface area contributed by atoms with Gasteiger partial charge in [-0.15, -0.1) is 10.2 Å². The topological polar surface area (TPSA) is 67.2 Å². The number of hydrogen-bond donors (Lipinski definition) is 0. The fourth-order valence-corrected chi connectivity index (χ4v) is 4.56. The first-order valence-corrected chi connectivity index (χ1v) is 11.9. The number of aromatic nitrogens is 4. The van der Waals surface area contributed by atoms with E-state index in [1.165, 1.54) is 17.4 Å². The monoisotopic (exact) mass is 456 g/mol. The highest BCUT2D eigenvalue weighted by molar-refractivity contribution is 7.99. The Balaban J connectivity index is 1.12. The van der Waals surface area contributed by atoms with E-state index in [0.717, 1.165) is 48.1 Å².